The van der Waals surface area contributed by atoms with Crippen molar-refractivity contribution in [3.8, 4) is 12.3 Å². The molecule has 19 heavy (non-hydrogen) atoms. The van der Waals surface area contributed by atoms with E-state index < -0.39 is 6.04 Å². The number of methoxy groups -OCH3 is 1. The summed E-state index contributed by atoms with van der Waals surface area (Å²) in [5.74, 6) is 2.89. The van der Waals surface area contributed by atoms with E-state index in [4.69, 9.17) is 28.5 Å². The van der Waals surface area contributed by atoms with Gasteiger partial charge in [-0.2, -0.15) is 0 Å². The molecule has 0 spiro atoms. The van der Waals surface area contributed by atoms with Gasteiger partial charge >= 0.3 is 0 Å². The first kappa shape index (κ1) is 15.4. The molecule has 2 unspecified atom stereocenters. The van der Waals surface area contributed by atoms with Gasteiger partial charge in [-0.15, -0.1) is 6.42 Å². The molecule has 1 aromatic carbocycles. The lowest BCUT2D eigenvalue weighted by Crippen LogP contribution is -2.40. The summed E-state index contributed by atoms with van der Waals surface area (Å²) >= 11 is 5.83. The molecule has 5 heteroatoms. The number of benzene rings is 1. The van der Waals surface area contributed by atoms with E-state index in [2.05, 4.69) is 16.2 Å². The van der Waals surface area contributed by atoms with E-state index in [1.807, 2.05) is 19.1 Å². The summed E-state index contributed by atoms with van der Waals surface area (Å²) in [4.78, 5) is 4.27. The summed E-state index contributed by atoms with van der Waals surface area (Å²) in [5, 5.41) is 3.66. The third kappa shape index (κ3) is 5.21. The molecule has 0 amide bonds. The first-order valence-corrected chi connectivity index (χ1v) is 6.25. The minimum atomic E-state index is -0.431. The highest BCUT2D eigenvalue weighted by molar-refractivity contribution is 6.30. The van der Waals surface area contributed by atoms with Gasteiger partial charge in [-0.3, -0.25) is 0 Å². The second-order valence-electron chi connectivity index (χ2n) is 4.14. The molecule has 0 saturated carbocycles. The normalized spacial score (nSPS) is 14.5. The molecule has 0 radical (unpaired) electrons. The fourth-order valence-electron chi connectivity index (χ4n) is 1.57. The average molecular weight is 280 g/mol. The van der Waals surface area contributed by atoms with E-state index in [0.717, 1.165) is 5.56 Å². The Morgan fingerprint density at radius 2 is 2.16 bits per heavy atom. The smallest absolute Gasteiger partial charge is 0.190 e. The first-order chi connectivity index (χ1) is 9.06. The first-order valence-electron chi connectivity index (χ1n) is 5.87. The number of ether oxygens (including phenoxy) is 1. The molecule has 2 atom stereocenters. The molecule has 1 rings (SSSR count). The molecule has 4 nitrogen and oxygen atoms in total. The number of aliphatic imine (C=N–C) groups is 1. The Morgan fingerprint density at radius 1 is 1.53 bits per heavy atom. The second kappa shape index (κ2) is 7.67. The van der Waals surface area contributed by atoms with Crippen LogP contribution in [0.1, 0.15) is 18.5 Å². The van der Waals surface area contributed by atoms with Crippen LogP contribution in [0.4, 0.5) is 0 Å². The van der Waals surface area contributed by atoms with Crippen LogP contribution in [0.2, 0.25) is 5.02 Å². The van der Waals surface area contributed by atoms with Gasteiger partial charge in [-0.25, -0.2) is 4.99 Å². The van der Waals surface area contributed by atoms with E-state index in [1.165, 1.54) is 0 Å². The summed E-state index contributed by atoms with van der Waals surface area (Å²) in [6.07, 6.45) is 5.48. The lowest BCUT2D eigenvalue weighted by Gasteiger charge is -2.14. The Kier molecular flexibility index (Phi) is 6.20. The molecule has 0 saturated heterocycles. The molecular weight excluding hydrogens is 262 g/mol. The second-order valence-corrected chi connectivity index (χ2v) is 4.57. The highest BCUT2D eigenvalue weighted by Crippen LogP contribution is 2.18. The van der Waals surface area contributed by atoms with E-state index in [9.17, 15) is 0 Å². The molecule has 0 heterocycles. The maximum atomic E-state index is 5.83. The van der Waals surface area contributed by atoms with Gasteiger partial charge in [0.2, 0.25) is 0 Å². The minimum Gasteiger partial charge on any atom is -0.383 e. The van der Waals surface area contributed by atoms with Crippen molar-refractivity contribution in [2.45, 2.75) is 19.0 Å². The topological polar surface area (TPSA) is 59.6 Å². The number of guanidine groups is 1. The van der Waals surface area contributed by atoms with Crippen molar-refractivity contribution >= 4 is 17.6 Å². The zero-order valence-electron chi connectivity index (χ0n) is 11.1. The highest BCUT2D eigenvalue weighted by atomic mass is 35.5. The summed E-state index contributed by atoms with van der Waals surface area (Å²) in [6.45, 7) is 2.48. The molecule has 3 N–H and O–H groups in total. The maximum Gasteiger partial charge on any atom is 0.190 e. The summed E-state index contributed by atoms with van der Waals surface area (Å²) in [6, 6.07) is 6.85. The van der Waals surface area contributed by atoms with Gasteiger partial charge in [0, 0.05) is 18.2 Å². The number of nitrogens with zero attached hydrogens (tertiary/aromatic N) is 1. The van der Waals surface area contributed by atoms with Crippen molar-refractivity contribution in [3.63, 3.8) is 0 Å². The average Bonchev–Trinajstić information content (AvgIpc) is 2.37. The van der Waals surface area contributed by atoms with Crippen molar-refractivity contribution in [1.29, 1.82) is 0 Å². The quantitative estimate of drug-likeness (QED) is 0.492. The summed E-state index contributed by atoms with van der Waals surface area (Å²) < 4.78 is 5.01. The molecule has 0 aliphatic rings. The zero-order chi connectivity index (χ0) is 14.3. The fourth-order valence-corrected chi connectivity index (χ4v) is 1.70. The molecule has 0 fully saturated rings. The van der Waals surface area contributed by atoms with Gasteiger partial charge in [0.05, 0.1) is 6.61 Å². The molecule has 0 aliphatic heterocycles. The molecule has 102 valence electrons. The van der Waals surface area contributed by atoms with Gasteiger partial charge in [-0.1, -0.05) is 29.7 Å². The Balaban J connectivity index is 2.75. The predicted molar refractivity (Wildman–Crippen MR) is 79.1 cm³/mol. The van der Waals surface area contributed by atoms with E-state index in [0.29, 0.717) is 17.6 Å². The number of nitrogens with two attached hydrogens (primary N) is 1. The molecule has 0 aromatic heterocycles. The number of halogens is 1. The Morgan fingerprint density at radius 3 is 2.68 bits per heavy atom. The summed E-state index contributed by atoms with van der Waals surface area (Å²) in [5.41, 5.74) is 6.68. The van der Waals surface area contributed by atoms with Crippen molar-refractivity contribution in [2.75, 3.05) is 13.7 Å². The Hall–Kier alpha value is -1.70. The van der Waals surface area contributed by atoms with Gasteiger partial charge in [-0.05, 0) is 24.6 Å². The lowest BCUT2D eigenvalue weighted by atomic mass is 10.1. The largest absolute Gasteiger partial charge is 0.383 e. The van der Waals surface area contributed by atoms with Crippen molar-refractivity contribution in [2.24, 2.45) is 10.7 Å². The zero-order valence-corrected chi connectivity index (χ0v) is 11.8. The molecule has 0 bridgehead atoms. The van der Waals surface area contributed by atoms with Crippen LogP contribution in [0.15, 0.2) is 29.3 Å². The van der Waals surface area contributed by atoms with E-state index in [-0.39, 0.29) is 6.04 Å². The van der Waals surface area contributed by atoms with Crippen molar-refractivity contribution in [1.82, 2.24) is 5.32 Å². The number of terminal acetylenes is 1. The molecular formula is C14H18ClN3O. The van der Waals surface area contributed by atoms with Gasteiger partial charge < -0.3 is 15.8 Å². The number of hydrogen-bond acceptors (Lipinski definition) is 2. The summed E-state index contributed by atoms with van der Waals surface area (Å²) in [7, 11) is 1.63. The van der Waals surface area contributed by atoms with E-state index in [1.54, 1.807) is 19.2 Å². The van der Waals surface area contributed by atoms with Gasteiger partial charge in [0.15, 0.2) is 5.96 Å². The highest BCUT2D eigenvalue weighted by Gasteiger charge is 2.08. The van der Waals surface area contributed by atoms with Crippen LogP contribution >= 0.6 is 11.6 Å². The SMILES string of the molecule is C#CC(N=C(N)NC(C)COC)c1ccc(Cl)cc1. The Bertz CT molecular complexity index is 465. The number of nitrogens with one attached hydrogen (secondary N) is 1. The van der Waals surface area contributed by atoms with Crippen LogP contribution < -0.4 is 11.1 Å². The van der Waals surface area contributed by atoms with Crippen molar-refractivity contribution < 1.29 is 4.74 Å². The molecule has 1 aromatic rings. The van der Waals surface area contributed by atoms with Crippen LogP contribution in [0, 0.1) is 12.3 Å². The number of rotatable bonds is 5. The van der Waals surface area contributed by atoms with Crippen LogP contribution in [0.3, 0.4) is 0 Å². The van der Waals surface area contributed by atoms with Gasteiger partial charge in [0.25, 0.3) is 0 Å². The van der Waals surface area contributed by atoms with Crippen LogP contribution in [-0.2, 0) is 4.74 Å². The maximum absolute atomic E-state index is 5.83. The predicted octanol–water partition coefficient (Wildman–Crippen LogP) is 1.95. The fraction of sp³-hybridized carbons (Fsp3) is 0.357. The van der Waals surface area contributed by atoms with Crippen molar-refractivity contribution in [3.05, 3.63) is 34.9 Å². The van der Waals surface area contributed by atoms with E-state index >= 15 is 0 Å². The van der Waals surface area contributed by atoms with Crippen LogP contribution in [0.25, 0.3) is 0 Å². The monoisotopic (exact) mass is 279 g/mol. The number of hydrogen-bond donors (Lipinski definition) is 2. The van der Waals surface area contributed by atoms with Crippen LogP contribution in [-0.4, -0.2) is 25.7 Å². The Labute approximate surface area is 119 Å². The lowest BCUT2D eigenvalue weighted by molar-refractivity contribution is 0.179. The van der Waals surface area contributed by atoms with Gasteiger partial charge in [0.1, 0.15) is 6.04 Å². The third-order valence-electron chi connectivity index (χ3n) is 2.42. The molecule has 0 aliphatic carbocycles. The van der Waals surface area contributed by atoms with Crippen LogP contribution in [0.5, 0.6) is 0 Å². The third-order valence-corrected chi connectivity index (χ3v) is 2.67. The standard InChI is InChI=1S/C14H18ClN3O/c1-4-13(11-5-7-12(15)8-6-11)18-14(16)17-10(2)9-19-3/h1,5-8,10,13H,9H2,2-3H3,(H3,16,17,18). The minimum absolute atomic E-state index is 0.0670.